The van der Waals surface area contributed by atoms with E-state index in [4.69, 9.17) is 12.2 Å². The van der Waals surface area contributed by atoms with E-state index < -0.39 is 11.8 Å². The molecule has 0 spiro atoms. The molecule has 0 fully saturated rings. The number of aliphatic imine (C=N–C) groups is 1. The summed E-state index contributed by atoms with van der Waals surface area (Å²) >= 11 is 5.08. The van der Waals surface area contributed by atoms with Gasteiger partial charge in [-0.3, -0.25) is 19.7 Å². The summed E-state index contributed by atoms with van der Waals surface area (Å²) in [5, 5.41) is 5.07. The molecular formula is C14H13N5O2S. The topological polar surface area (TPSA) is 79.6 Å². The number of nitrogens with zero attached hydrogens (tertiary/aromatic N) is 4. The van der Waals surface area contributed by atoms with Crippen molar-refractivity contribution in [2.75, 3.05) is 0 Å². The molecule has 1 aliphatic heterocycles. The summed E-state index contributed by atoms with van der Waals surface area (Å²) in [6, 6.07) is 0. The molecular weight excluding hydrogens is 302 g/mol. The first-order valence-electron chi connectivity index (χ1n) is 6.64. The molecule has 0 bridgehead atoms. The van der Waals surface area contributed by atoms with Crippen LogP contribution in [-0.4, -0.2) is 37.4 Å². The molecule has 1 atom stereocenters. The minimum atomic E-state index is -0.510. The lowest BCUT2D eigenvalue weighted by Crippen LogP contribution is -2.55. The van der Waals surface area contributed by atoms with Crippen molar-refractivity contribution in [3.8, 4) is 0 Å². The van der Waals surface area contributed by atoms with Crippen molar-refractivity contribution in [1.29, 1.82) is 0 Å². The van der Waals surface area contributed by atoms with Crippen molar-refractivity contribution in [2.45, 2.75) is 13.5 Å². The number of hydrazine groups is 1. The van der Waals surface area contributed by atoms with Gasteiger partial charge < -0.3 is 0 Å². The van der Waals surface area contributed by atoms with Crippen molar-refractivity contribution in [3.63, 3.8) is 0 Å². The van der Waals surface area contributed by atoms with Gasteiger partial charge in [0, 0.05) is 6.20 Å². The quantitative estimate of drug-likeness (QED) is 0.825. The van der Waals surface area contributed by atoms with E-state index in [1.807, 2.05) is 6.92 Å². The van der Waals surface area contributed by atoms with Crippen LogP contribution in [0.5, 0.6) is 0 Å². The molecule has 22 heavy (non-hydrogen) atoms. The van der Waals surface area contributed by atoms with Gasteiger partial charge in [0.25, 0.3) is 11.8 Å². The molecule has 2 amide bonds. The largest absolute Gasteiger partial charge is 0.271 e. The minimum Gasteiger partial charge on any atom is -0.271 e. The van der Waals surface area contributed by atoms with Gasteiger partial charge in [-0.15, -0.1) is 0 Å². The van der Waals surface area contributed by atoms with Crippen molar-refractivity contribution in [1.82, 2.24) is 20.2 Å². The second kappa shape index (κ2) is 5.64. The number of hydrogen-bond donors (Lipinski definition) is 1. The Balaban J connectivity index is 1.72. The summed E-state index contributed by atoms with van der Waals surface area (Å²) < 4.78 is 1.49. The third kappa shape index (κ3) is 2.73. The van der Waals surface area contributed by atoms with Crippen LogP contribution in [0.25, 0.3) is 0 Å². The summed E-state index contributed by atoms with van der Waals surface area (Å²) in [7, 11) is 0. The summed E-state index contributed by atoms with van der Waals surface area (Å²) in [5.41, 5.74) is 4.03. The predicted molar refractivity (Wildman–Crippen MR) is 83.8 cm³/mol. The Bertz CT molecular complexity index is 746. The van der Waals surface area contributed by atoms with Gasteiger partial charge in [-0.05, 0) is 30.8 Å². The zero-order chi connectivity index (χ0) is 15.7. The van der Waals surface area contributed by atoms with E-state index >= 15 is 0 Å². The highest BCUT2D eigenvalue weighted by molar-refractivity contribution is 7.80. The summed E-state index contributed by atoms with van der Waals surface area (Å²) in [6.07, 6.45) is 10.4. The van der Waals surface area contributed by atoms with Gasteiger partial charge in [-0.2, -0.15) is 10.1 Å². The van der Waals surface area contributed by atoms with Crippen LogP contribution in [0, 0.1) is 12.8 Å². The first kappa shape index (κ1) is 14.3. The second-order valence-corrected chi connectivity index (χ2v) is 5.33. The number of aromatic nitrogens is 2. The minimum absolute atomic E-state index is 0.00276. The second-order valence-electron chi connectivity index (χ2n) is 4.96. The predicted octanol–water partition coefficient (Wildman–Crippen LogP) is 0.533. The molecule has 1 N–H and O–H groups in total. The molecule has 8 heteroatoms. The highest BCUT2D eigenvalue weighted by Gasteiger charge is 2.34. The molecule has 2 aliphatic rings. The van der Waals surface area contributed by atoms with Crippen molar-refractivity contribution < 1.29 is 9.59 Å². The Morgan fingerprint density at radius 2 is 2.27 bits per heavy atom. The van der Waals surface area contributed by atoms with Crippen LogP contribution in [0.1, 0.15) is 5.56 Å². The number of carbonyl (C=O) groups is 2. The average molecular weight is 315 g/mol. The number of hydrogen-bond acceptors (Lipinski definition) is 4. The van der Waals surface area contributed by atoms with E-state index in [-0.39, 0.29) is 17.6 Å². The number of allylic oxidation sites excluding steroid dienone is 3. The summed E-state index contributed by atoms with van der Waals surface area (Å²) in [5.74, 6) is -1.22. The number of rotatable bonds is 3. The van der Waals surface area contributed by atoms with Crippen LogP contribution in [0.2, 0.25) is 0 Å². The zero-order valence-electron chi connectivity index (χ0n) is 11.8. The third-order valence-corrected chi connectivity index (χ3v) is 3.48. The summed E-state index contributed by atoms with van der Waals surface area (Å²) in [4.78, 5) is 28.6. The van der Waals surface area contributed by atoms with Crippen LogP contribution < -0.4 is 5.43 Å². The van der Waals surface area contributed by atoms with Crippen LogP contribution >= 0.6 is 12.2 Å². The van der Waals surface area contributed by atoms with Gasteiger partial charge in [0.1, 0.15) is 12.5 Å². The SMILES string of the molecule is Cc1cnn(CC(=O)NN2C(=O)C3C=CC=CC3=NC2=S)c1. The molecule has 1 aliphatic carbocycles. The molecule has 3 rings (SSSR count). The Kier molecular flexibility index (Phi) is 3.68. The number of carbonyl (C=O) groups excluding carboxylic acids is 2. The number of thiocarbonyl (C=S) groups is 1. The molecule has 7 nitrogen and oxygen atoms in total. The van der Waals surface area contributed by atoms with E-state index in [1.54, 1.807) is 36.7 Å². The summed E-state index contributed by atoms with van der Waals surface area (Å²) in [6.45, 7) is 1.88. The lowest BCUT2D eigenvalue weighted by Gasteiger charge is -2.29. The number of nitrogens with one attached hydrogen (secondary N) is 1. The van der Waals surface area contributed by atoms with E-state index in [9.17, 15) is 9.59 Å². The molecule has 1 unspecified atom stereocenters. The standard InChI is InChI=1S/C14H13N5O2S/c1-9-6-15-18(7-9)8-12(20)17-19-13(21)10-4-2-3-5-11(10)16-14(19)22/h2-7,10H,8H2,1H3,(H,17,20). The highest BCUT2D eigenvalue weighted by atomic mass is 32.1. The Hall–Kier alpha value is -2.61. The first-order chi connectivity index (χ1) is 10.5. The van der Waals surface area contributed by atoms with Crippen molar-refractivity contribution in [3.05, 3.63) is 42.3 Å². The maximum Gasteiger partial charge on any atom is 0.260 e. The van der Waals surface area contributed by atoms with Gasteiger partial charge in [0.05, 0.1) is 11.9 Å². The number of aryl methyl sites for hydroxylation is 1. The molecule has 1 aromatic heterocycles. The first-order valence-corrected chi connectivity index (χ1v) is 7.05. The fraction of sp³-hybridized carbons (Fsp3) is 0.214. The smallest absolute Gasteiger partial charge is 0.260 e. The fourth-order valence-electron chi connectivity index (χ4n) is 2.20. The van der Waals surface area contributed by atoms with Gasteiger partial charge in [-0.25, -0.2) is 4.99 Å². The lowest BCUT2D eigenvalue weighted by molar-refractivity contribution is -0.137. The van der Waals surface area contributed by atoms with E-state index in [2.05, 4.69) is 15.5 Å². The van der Waals surface area contributed by atoms with Gasteiger partial charge in [-0.1, -0.05) is 18.2 Å². The van der Waals surface area contributed by atoms with Crippen molar-refractivity contribution >= 4 is 34.9 Å². The highest BCUT2D eigenvalue weighted by Crippen LogP contribution is 2.18. The Morgan fingerprint density at radius 3 is 3.00 bits per heavy atom. The molecule has 0 aromatic carbocycles. The fourth-order valence-corrected chi connectivity index (χ4v) is 2.45. The van der Waals surface area contributed by atoms with Crippen molar-refractivity contribution in [2.24, 2.45) is 10.9 Å². The number of amides is 2. The molecule has 0 saturated heterocycles. The van der Waals surface area contributed by atoms with Crippen LogP contribution in [0.3, 0.4) is 0 Å². The maximum absolute atomic E-state index is 12.4. The Morgan fingerprint density at radius 1 is 1.45 bits per heavy atom. The Labute approximate surface area is 132 Å². The van der Waals surface area contributed by atoms with E-state index in [1.165, 1.54) is 4.68 Å². The number of fused-ring (bicyclic) bond motifs is 1. The van der Waals surface area contributed by atoms with Gasteiger partial charge >= 0.3 is 0 Å². The zero-order valence-corrected chi connectivity index (χ0v) is 12.6. The lowest BCUT2D eigenvalue weighted by atomic mass is 9.96. The van der Waals surface area contributed by atoms with Crippen LogP contribution in [0.4, 0.5) is 0 Å². The van der Waals surface area contributed by atoms with E-state index in [0.29, 0.717) is 5.71 Å². The molecule has 0 radical (unpaired) electrons. The van der Waals surface area contributed by atoms with Crippen LogP contribution in [-0.2, 0) is 16.1 Å². The normalized spacial score (nSPS) is 20.0. The maximum atomic E-state index is 12.4. The van der Waals surface area contributed by atoms with Gasteiger partial charge in [0.2, 0.25) is 5.11 Å². The monoisotopic (exact) mass is 315 g/mol. The molecule has 112 valence electrons. The molecule has 2 heterocycles. The molecule has 1 aromatic rings. The van der Waals surface area contributed by atoms with Gasteiger partial charge in [0.15, 0.2) is 0 Å². The average Bonchev–Trinajstić information content (AvgIpc) is 2.88. The van der Waals surface area contributed by atoms with Crippen LogP contribution in [0.15, 0.2) is 41.7 Å². The molecule has 0 saturated carbocycles. The third-order valence-electron chi connectivity index (χ3n) is 3.21. The van der Waals surface area contributed by atoms with E-state index in [0.717, 1.165) is 10.6 Å².